The van der Waals surface area contributed by atoms with Gasteiger partial charge in [-0.15, -0.1) is 0 Å². The van der Waals surface area contributed by atoms with Gasteiger partial charge in [0.15, 0.2) is 0 Å². The van der Waals surface area contributed by atoms with Crippen LogP contribution in [0.3, 0.4) is 0 Å². The van der Waals surface area contributed by atoms with E-state index >= 15 is 0 Å². The molecule has 2 aromatic rings. The molecule has 0 heterocycles. The highest BCUT2D eigenvalue weighted by Crippen LogP contribution is 2.52. The van der Waals surface area contributed by atoms with Crippen LogP contribution in [0.15, 0.2) is 60.7 Å². The van der Waals surface area contributed by atoms with Crippen LogP contribution in [0.2, 0.25) is 12.6 Å². The molecule has 0 amide bonds. The van der Waals surface area contributed by atoms with E-state index in [4.69, 9.17) is 4.74 Å². The Labute approximate surface area is 170 Å². The van der Waals surface area contributed by atoms with E-state index in [0.29, 0.717) is 0 Å². The molecule has 0 spiro atoms. The molecule has 0 saturated heterocycles. The van der Waals surface area contributed by atoms with Crippen LogP contribution < -0.4 is 0 Å². The van der Waals surface area contributed by atoms with Gasteiger partial charge in [-0.3, -0.25) is 14.4 Å². The van der Waals surface area contributed by atoms with Crippen molar-refractivity contribution in [1.29, 1.82) is 0 Å². The zero-order valence-corrected chi connectivity index (χ0v) is 17.9. The number of esters is 1. The first-order chi connectivity index (χ1) is 13.6. The number of ether oxygens (including phenoxy) is 1. The van der Waals surface area contributed by atoms with Gasteiger partial charge in [0.2, 0.25) is 18.2 Å². The summed E-state index contributed by atoms with van der Waals surface area (Å²) in [6.07, 6.45) is -0.857. The van der Waals surface area contributed by atoms with Crippen LogP contribution in [0, 0.1) is 0 Å². The fraction of sp³-hybridized carbons (Fsp3) is 0.250. The SMILES string of the molecule is C[Si](O)(O)CCOC(=O)CCP(=O)(C(=O)c1ccccc1)C(=O)c1ccccc1. The minimum Gasteiger partial charge on any atom is -0.466 e. The Balaban J connectivity index is 2.19. The first kappa shape index (κ1) is 22.9. The van der Waals surface area contributed by atoms with Crippen molar-refractivity contribution in [2.75, 3.05) is 12.8 Å². The first-order valence-electron chi connectivity index (χ1n) is 9.03. The van der Waals surface area contributed by atoms with Crippen molar-refractivity contribution in [2.24, 2.45) is 0 Å². The van der Waals surface area contributed by atoms with Crippen molar-refractivity contribution in [1.82, 2.24) is 0 Å². The molecule has 7 nitrogen and oxygen atoms in total. The van der Waals surface area contributed by atoms with Crippen LogP contribution in [0.4, 0.5) is 0 Å². The van der Waals surface area contributed by atoms with E-state index in [-0.39, 0.29) is 23.8 Å². The molecular weight excluding hydrogens is 411 g/mol. The van der Waals surface area contributed by atoms with Gasteiger partial charge in [0, 0.05) is 23.3 Å². The van der Waals surface area contributed by atoms with Gasteiger partial charge in [0.25, 0.3) is 0 Å². The maximum Gasteiger partial charge on any atom is 0.332 e. The summed E-state index contributed by atoms with van der Waals surface area (Å²) in [5, 5.41) is 0. The van der Waals surface area contributed by atoms with Gasteiger partial charge in [0.1, 0.15) is 0 Å². The molecule has 0 unspecified atom stereocenters. The highest BCUT2D eigenvalue weighted by molar-refractivity contribution is 7.95. The summed E-state index contributed by atoms with van der Waals surface area (Å²) in [7, 11) is -7.48. The van der Waals surface area contributed by atoms with Crippen LogP contribution >= 0.6 is 7.14 Å². The van der Waals surface area contributed by atoms with E-state index in [1.54, 1.807) is 36.4 Å². The van der Waals surface area contributed by atoms with Crippen molar-refractivity contribution in [2.45, 2.75) is 19.0 Å². The Hall–Kier alpha value is -2.38. The molecule has 154 valence electrons. The molecule has 0 aromatic heterocycles. The van der Waals surface area contributed by atoms with Gasteiger partial charge in [0.05, 0.1) is 13.0 Å². The molecule has 0 saturated carbocycles. The fourth-order valence-electron chi connectivity index (χ4n) is 2.55. The third-order valence-corrected chi connectivity index (χ3v) is 8.00. The van der Waals surface area contributed by atoms with Gasteiger partial charge < -0.3 is 18.9 Å². The lowest BCUT2D eigenvalue weighted by atomic mass is 10.2. The molecule has 0 atom stereocenters. The van der Waals surface area contributed by atoms with E-state index in [0.717, 1.165) is 0 Å². The number of hydrogen-bond acceptors (Lipinski definition) is 7. The molecule has 9 heteroatoms. The lowest BCUT2D eigenvalue weighted by molar-refractivity contribution is -0.142. The van der Waals surface area contributed by atoms with Crippen molar-refractivity contribution in [3.63, 3.8) is 0 Å². The topological polar surface area (TPSA) is 118 Å². The van der Waals surface area contributed by atoms with Crippen LogP contribution in [0.5, 0.6) is 0 Å². The summed E-state index contributed by atoms with van der Waals surface area (Å²) >= 11 is 0. The molecular formula is C20H23O7PSi. The number of rotatable bonds is 10. The molecule has 0 radical (unpaired) electrons. The van der Waals surface area contributed by atoms with Crippen LogP contribution in [0.25, 0.3) is 0 Å². The zero-order valence-electron chi connectivity index (χ0n) is 16.0. The molecule has 2 aromatic carbocycles. The highest BCUT2D eigenvalue weighted by Gasteiger charge is 2.41. The lowest BCUT2D eigenvalue weighted by Crippen LogP contribution is -2.31. The first-order valence-corrected chi connectivity index (χ1v) is 13.5. The molecule has 2 N–H and O–H groups in total. The van der Waals surface area contributed by atoms with E-state index in [2.05, 4.69) is 0 Å². The highest BCUT2D eigenvalue weighted by atomic mass is 31.2. The second-order valence-corrected chi connectivity index (χ2v) is 12.4. The van der Waals surface area contributed by atoms with Crippen LogP contribution in [-0.2, 0) is 14.1 Å². The largest absolute Gasteiger partial charge is 0.466 e. The lowest BCUT2D eigenvalue weighted by Gasteiger charge is -2.16. The third-order valence-electron chi connectivity index (χ3n) is 4.17. The van der Waals surface area contributed by atoms with Gasteiger partial charge in [-0.2, -0.15) is 0 Å². The quantitative estimate of drug-likeness (QED) is 0.335. The molecule has 2 rings (SSSR count). The number of hydrogen-bond donors (Lipinski definition) is 2. The average Bonchev–Trinajstić information content (AvgIpc) is 2.71. The van der Waals surface area contributed by atoms with Crippen LogP contribution in [0.1, 0.15) is 27.1 Å². The standard InChI is InChI=1S/C20H23O7PSi/c1-29(25,26)15-13-27-18(21)12-14-28(24,19(22)16-8-4-2-5-9-16)20(23)17-10-6-3-7-11-17/h2-11,25-26H,12-15H2,1H3. The Morgan fingerprint density at radius 2 is 1.34 bits per heavy atom. The Bertz CT molecular complexity index is 852. The minimum atomic E-state index is -4.13. The van der Waals surface area contributed by atoms with E-state index in [9.17, 15) is 28.5 Å². The average molecular weight is 434 g/mol. The molecule has 0 aliphatic heterocycles. The van der Waals surface area contributed by atoms with Gasteiger partial charge in [-0.25, -0.2) is 0 Å². The Morgan fingerprint density at radius 3 is 1.76 bits per heavy atom. The second kappa shape index (κ2) is 9.89. The minimum absolute atomic E-state index is 0.0672. The summed E-state index contributed by atoms with van der Waals surface area (Å²) in [6, 6.07) is 15.6. The fourth-order valence-corrected chi connectivity index (χ4v) is 5.26. The van der Waals surface area contributed by atoms with E-state index < -0.39 is 45.3 Å². The maximum atomic E-state index is 13.6. The van der Waals surface area contributed by atoms with Crippen molar-refractivity contribution < 1.29 is 33.3 Å². The predicted molar refractivity (Wildman–Crippen MR) is 110 cm³/mol. The maximum absolute atomic E-state index is 13.6. The smallest absolute Gasteiger partial charge is 0.332 e. The Morgan fingerprint density at radius 1 is 0.897 bits per heavy atom. The summed E-state index contributed by atoms with van der Waals surface area (Å²) < 4.78 is 18.5. The van der Waals surface area contributed by atoms with E-state index in [1.807, 2.05) is 0 Å². The molecule has 0 aliphatic carbocycles. The van der Waals surface area contributed by atoms with Gasteiger partial charge >= 0.3 is 14.5 Å². The summed E-state index contributed by atoms with van der Waals surface area (Å²) in [6.45, 7) is 1.09. The number of benzene rings is 2. The second-order valence-electron chi connectivity index (χ2n) is 6.74. The van der Waals surface area contributed by atoms with E-state index in [1.165, 1.54) is 30.8 Å². The molecule has 0 bridgehead atoms. The van der Waals surface area contributed by atoms with Crippen LogP contribution in [-0.4, -0.2) is 47.9 Å². The van der Waals surface area contributed by atoms with Gasteiger partial charge in [-0.1, -0.05) is 60.7 Å². The predicted octanol–water partition coefficient (Wildman–Crippen LogP) is 3.02. The Kier molecular flexibility index (Phi) is 7.81. The molecule has 0 aliphatic rings. The molecule has 29 heavy (non-hydrogen) atoms. The summed E-state index contributed by atoms with van der Waals surface area (Å²) in [5.41, 5.74) is -1.33. The third kappa shape index (κ3) is 6.57. The monoisotopic (exact) mass is 434 g/mol. The number of carbonyl (C=O) groups is 3. The van der Waals surface area contributed by atoms with Crippen molar-refractivity contribution in [3.8, 4) is 0 Å². The van der Waals surface area contributed by atoms with Gasteiger partial charge in [-0.05, 0) is 6.55 Å². The molecule has 0 fully saturated rings. The van der Waals surface area contributed by atoms with Crippen molar-refractivity contribution in [3.05, 3.63) is 71.8 Å². The zero-order chi connectivity index (χ0) is 21.5. The summed E-state index contributed by atoms with van der Waals surface area (Å²) in [4.78, 5) is 56.6. The van der Waals surface area contributed by atoms with Crippen molar-refractivity contribution >= 4 is 32.7 Å². The summed E-state index contributed by atoms with van der Waals surface area (Å²) in [5.74, 6) is -0.759. The normalized spacial score (nSPS) is 11.7. The number of carbonyl (C=O) groups excluding carboxylic acids is 3.